The van der Waals surface area contributed by atoms with E-state index in [0.717, 1.165) is 5.56 Å². The lowest BCUT2D eigenvalue weighted by Crippen LogP contribution is -1.93. The van der Waals surface area contributed by atoms with Gasteiger partial charge in [0, 0.05) is 5.56 Å². The molecule has 0 amide bonds. The lowest BCUT2D eigenvalue weighted by molar-refractivity contribution is 0.355. The first-order valence-electron chi connectivity index (χ1n) is 5.59. The van der Waals surface area contributed by atoms with E-state index in [4.69, 9.17) is 32.7 Å². The zero-order valence-corrected chi connectivity index (χ0v) is 12.3. The molecule has 0 N–H and O–H groups in total. The van der Waals surface area contributed by atoms with Crippen molar-refractivity contribution in [2.75, 3.05) is 14.2 Å². The van der Waals surface area contributed by atoms with Gasteiger partial charge >= 0.3 is 0 Å². The standard InChI is InChI=1S/C14H10Cl2N2O2/c1-19-11-4-3-8(5-12(11)20-2)9-6-13(15)18-14(16)10(9)7-17/h3-6H,1-2H3. The summed E-state index contributed by atoms with van der Waals surface area (Å²) in [5.74, 6) is 1.15. The van der Waals surface area contributed by atoms with Crippen LogP contribution in [0.2, 0.25) is 10.3 Å². The first-order valence-corrected chi connectivity index (χ1v) is 6.34. The molecule has 4 nitrogen and oxygen atoms in total. The van der Waals surface area contributed by atoms with Crippen LogP contribution in [0.1, 0.15) is 5.56 Å². The number of hydrogen-bond acceptors (Lipinski definition) is 4. The van der Waals surface area contributed by atoms with Gasteiger partial charge in [-0.05, 0) is 23.8 Å². The van der Waals surface area contributed by atoms with Crippen molar-refractivity contribution < 1.29 is 9.47 Å². The van der Waals surface area contributed by atoms with Crippen LogP contribution in [0.4, 0.5) is 0 Å². The summed E-state index contributed by atoms with van der Waals surface area (Å²) >= 11 is 11.8. The summed E-state index contributed by atoms with van der Waals surface area (Å²) < 4.78 is 10.4. The molecule has 0 radical (unpaired) electrons. The SMILES string of the molecule is COc1ccc(-c2cc(Cl)nc(Cl)c2C#N)cc1OC. The Bertz CT molecular complexity index is 696. The Labute approximate surface area is 126 Å². The number of pyridine rings is 1. The lowest BCUT2D eigenvalue weighted by Gasteiger charge is -2.11. The highest BCUT2D eigenvalue weighted by Crippen LogP contribution is 2.35. The molecule has 0 spiro atoms. The highest BCUT2D eigenvalue weighted by atomic mass is 35.5. The van der Waals surface area contributed by atoms with Crippen LogP contribution < -0.4 is 9.47 Å². The average Bonchev–Trinajstić information content (AvgIpc) is 2.45. The molecule has 0 saturated carbocycles. The number of benzene rings is 1. The van der Waals surface area contributed by atoms with Crippen molar-refractivity contribution in [2.45, 2.75) is 0 Å². The molecule has 0 saturated heterocycles. The van der Waals surface area contributed by atoms with Gasteiger partial charge in [0.25, 0.3) is 0 Å². The number of nitriles is 1. The molecular weight excluding hydrogens is 299 g/mol. The van der Waals surface area contributed by atoms with E-state index in [2.05, 4.69) is 4.98 Å². The fourth-order valence-corrected chi connectivity index (χ4v) is 2.29. The summed E-state index contributed by atoms with van der Waals surface area (Å²) in [6.45, 7) is 0. The Morgan fingerprint density at radius 3 is 2.40 bits per heavy atom. The number of methoxy groups -OCH3 is 2. The van der Waals surface area contributed by atoms with Gasteiger partial charge in [-0.3, -0.25) is 0 Å². The van der Waals surface area contributed by atoms with Crippen LogP contribution in [0.25, 0.3) is 11.1 Å². The third kappa shape index (κ3) is 2.64. The van der Waals surface area contributed by atoms with Crippen molar-refractivity contribution in [1.82, 2.24) is 4.98 Å². The Morgan fingerprint density at radius 1 is 1.10 bits per heavy atom. The number of rotatable bonds is 3. The summed E-state index contributed by atoms with van der Waals surface area (Å²) in [6, 6.07) is 8.92. The van der Waals surface area contributed by atoms with Crippen molar-refractivity contribution in [2.24, 2.45) is 0 Å². The van der Waals surface area contributed by atoms with E-state index in [1.807, 2.05) is 6.07 Å². The smallest absolute Gasteiger partial charge is 0.161 e. The summed E-state index contributed by atoms with van der Waals surface area (Å²) in [4.78, 5) is 3.86. The minimum atomic E-state index is 0.0739. The first kappa shape index (κ1) is 14.4. The molecule has 0 atom stereocenters. The van der Waals surface area contributed by atoms with Gasteiger partial charge < -0.3 is 9.47 Å². The highest BCUT2D eigenvalue weighted by Gasteiger charge is 2.14. The summed E-state index contributed by atoms with van der Waals surface area (Å²) in [6.07, 6.45) is 0. The second-order valence-electron chi connectivity index (χ2n) is 3.84. The minimum Gasteiger partial charge on any atom is -0.493 e. The van der Waals surface area contributed by atoms with Gasteiger partial charge in [-0.1, -0.05) is 29.3 Å². The van der Waals surface area contributed by atoms with Gasteiger partial charge in [0.1, 0.15) is 16.4 Å². The maximum Gasteiger partial charge on any atom is 0.161 e. The summed E-state index contributed by atoms with van der Waals surface area (Å²) in [7, 11) is 3.09. The van der Waals surface area contributed by atoms with Crippen LogP contribution in [0, 0.1) is 11.3 Å². The van der Waals surface area contributed by atoms with Gasteiger partial charge in [0.05, 0.1) is 19.8 Å². The largest absolute Gasteiger partial charge is 0.493 e. The van der Waals surface area contributed by atoms with Crippen LogP contribution >= 0.6 is 23.2 Å². The van der Waals surface area contributed by atoms with Gasteiger partial charge in [-0.2, -0.15) is 5.26 Å². The van der Waals surface area contributed by atoms with Crippen LogP contribution in [0.15, 0.2) is 24.3 Å². The quantitative estimate of drug-likeness (QED) is 0.806. The third-order valence-electron chi connectivity index (χ3n) is 2.75. The Balaban J connectivity index is 2.66. The van der Waals surface area contributed by atoms with Crippen LogP contribution in [-0.2, 0) is 0 Å². The molecule has 0 fully saturated rings. The zero-order chi connectivity index (χ0) is 14.7. The van der Waals surface area contributed by atoms with Crippen LogP contribution in [0.3, 0.4) is 0 Å². The molecule has 0 unspecified atom stereocenters. The lowest BCUT2D eigenvalue weighted by atomic mass is 10.0. The topological polar surface area (TPSA) is 55.1 Å². The third-order valence-corrected chi connectivity index (χ3v) is 3.22. The first-order chi connectivity index (χ1) is 9.60. The molecule has 102 valence electrons. The number of aromatic nitrogens is 1. The predicted octanol–water partition coefficient (Wildman–Crippen LogP) is 3.94. The molecule has 1 aromatic heterocycles. The van der Waals surface area contributed by atoms with E-state index >= 15 is 0 Å². The van der Waals surface area contributed by atoms with Crippen LogP contribution in [-0.4, -0.2) is 19.2 Å². The average molecular weight is 309 g/mol. The predicted molar refractivity (Wildman–Crippen MR) is 77.5 cm³/mol. The maximum atomic E-state index is 9.21. The van der Waals surface area contributed by atoms with E-state index in [0.29, 0.717) is 17.1 Å². The minimum absolute atomic E-state index is 0.0739. The maximum absolute atomic E-state index is 9.21. The summed E-state index contributed by atoms with van der Waals surface area (Å²) in [5, 5.41) is 9.50. The highest BCUT2D eigenvalue weighted by molar-refractivity contribution is 6.33. The van der Waals surface area contributed by atoms with Gasteiger partial charge in [-0.15, -0.1) is 0 Å². The number of hydrogen-bond donors (Lipinski definition) is 0. The number of nitrogens with zero attached hydrogens (tertiary/aromatic N) is 2. The van der Waals surface area contributed by atoms with Gasteiger partial charge in [0.15, 0.2) is 11.5 Å². The van der Waals surface area contributed by atoms with Gasteiger partial charge in [0.2, 0.25) is 0 Å². The van der Waals surface area contributed by atoms with Crippen molar-refractivity contribution in [3.05, 3.63) is 40.1 Å². The molecule has 20 heavy (non-hydrogen) atoms. The Hall–Kier alpha value is -1.96. The molecule has 0 aliphatic carbocycles. The zero-order valence-electron chi connectivity index (χ0n) is 10.8. The van der Waals surface area contributed by atoms with Crippen LogP contribution in [0.5, 0.6) is 11.5 Å². The van der Waals surface area contributed by atoms with E-state index < -0.39 is 0 Å². The van der Waals surface area contributed by atoms with E-state index in [1.165, 1.54) is 0 Å². The molecule has 0 aliphatic rings. The molecular formula is C14H10Cl2N2O2. The molecule has 2 aromatic rings. The van der Waals surface area contributed by atoms with Crippen molar-refractivity contribution in [1.29, 1.82) is 5.26 Å². The second-order valence-corrected chi connectivity index (χ2v) is 4.59. The monoisotopic (exact) mass is 308 g/mol. The van der Waals surface area contributed by atoms with E-state index in [1.54, 1.807) is 38.5 Å². The molecule has 0 bridgehead atoms. The van der Waals surface area contributed by atoms with E-state index in [9.17, 15) is 5.26 Å². The molecule has 1 heterocycles. The van der Waals surface area contributed by atoms with E-state index in [-0.39, 0.29) is 15.9 Å². The normalized spacial score (nSPS) is 9.95. The Kier molecular flexibility index (Phi) is 4.33. The number of ether oxygens (including phenoxy) is 2. The molecule has 0 aliphatic heterocycles. The summed E-state index contributed by atoms with van der Waals surface area (Å²) in [5.41, 5.74) is 1.60. The fourth-order valence-electron chi connectivity index (χ4n) is 1.82. The molecule has 2 rings (SSSR count). The molecule has 1 aromatic carbocycles. The fraction of sp³-hybridized carbons (Fsp3) is 0.143. The number of halogens is 2. The Morgan fingerprint density at radius 2 is 1.80 bits per heavy atom. The van der Waals surface area contributed by atoms with Crippen molar-refractivity contribution >= 4 is 23.2 Å². The van der Waals surface area contributed by atoms with Crippen molar-refractivity contribution in [3.63, 3.8) is 0 Å². The second kappa shape index (κ2) is 6.00. The van der Waals surface area contributed by atoms with Gasteiger partial charge in [-0.25, -0.2) is 4.98 Å². The van der Waals surface area contributed by atoms with Crippen molar-refractivity contribution in [3.8, 4) is 28.7 Å². The molecule has 6 heteroatoms.